The van der Waals surface area contributed by atoms with Gasteiger partial charge in [0, 0.05) is 5.39 Å². The number of rotatable bonds is 4. The van der Waals surface area contributed by atoms with E-state index in [-0.39, 0.29) is 0 Å². The van der Waals surface area contributed by atoms with Gasteiger partial charge in [-0.3, -0.25) is 0 Å². The smallest absolute Gasteiger partial charge is 0.127 e. The molecule has 0 fully saturated rings. The van der Waals surface area contributed by atoms with Gasteiger partial charge in [0.25, 0.3) is 0 Å². The molecular formula is C23H22O. The average molecular weight is 314 g/mol. The van der Waals surface area contributed by atoms with Gasteiger partial charge in [-0.2, -0.15) is 0 Å². The second kappa shape index (κ2) is 6.16. The lowest BCUT2D eigenvalue weighted by atomic mass is 9.95. The second-order valence-electron chi connectivity index (χ2n) is 6.45. The minimum absolute atomic E-state index is 0.782. The van der Waals surface area contributed by atoms with Gasteiger partial charge in [0.05, 0.1) is 6.61 Å². The fourth-order valence-electron chi connectivity index (χ4n) is 3.52. The van der Waals surface area contributed by atoms with Crippen LogP contribution in [0, 0.1) is 6.92 Å². The lowest BCUT2D eigenvalue weighted by Crippen LogP contribution is -1.97. The van der Waals surface area contributed by atoms with E-state index in [1.54, 1.807) is 0 Å². The molecule has 0 atom stereocenters. The molecule has 4 aromatic rings. The zero-order chi connectivity index (χ0) is 16.5. The van der Waals surface area contributed by atoms with Crippen molar-refractivity contribution in [3.63, 3.8) is 0 Å². The molecular weight excluding hydrogens is 292 g/mol. The minimum atomic E-state index is 0.782. The maximum atomic E-state index is 6.02. The Morgan fingerprint density at radius 3 is 2.00 bits per heavy atom. The number of benzene rings is 4. The molecule has 24 heavy (non-hydrogen) atoms. The van der Waals surface area contributed by atoms with Gasteiger partial charge in [0.1, 0.15) is 5.75 Å². The fourth-order valence-corrected chi connectivity index (χ4v) is 3.52. The monoisotopic (exact) mass is 314 g/mol. The van der Waals surface area contributed by atoms with Crippen LogP contribution in [0.3, 0.4) is 0 Å². The highest BCUT2D eigenvalue weighted by molar-refractivity contribution is 6.18. The minimum Gasteiger partial charge on any atom is -0.493 e. The van der Waals surface area contributed by atoms with Crippen molar-refractivity contribution in [1.82, 2.24) is 0 Å². The Labute approximate surface area is 142 Å². The van der Waals surface area contributed by atoms with E-state index >= 15 is 0 Å². The highest BCUT2D eigenvalue weighted by atomic mass is 16.5. The molecule has 4 rings (SSSR count). The van der Waals surface area contributed by atoms with Gasteiger partial charge in [0.15, 0.2) is 0 Å². The predicted octanol–water partition coefficient (Wildman–Crippen LogP) is 6.63. The summed E-state index contributed by atoms with van der Waals surface area (Å²) in [6.07, 6.45) is 2.24. The van der Waals surface area contributed by atoms with E-state index in [9.17, 15) is 0 Å². The predicted molar refractivity (Wildman–Crippen MR) is 104 cm³/mol. The van der Waals surface area contributed by atoms with Crippen molar-refractivity contribution < 1.29 is 4.74 Å². The molecule has 0 bridgehead atoms. The molecule has 0 aromatic heterocycles. The molecule has 0 saturated heterocycles. The number of aryl methyl sites for hydroxylation is 1. The molecule has 0 amide bonds. The summed E-state index contributed by atoms with van der Waals surface area (Å²) >= 11 is 0. The molecule has 4 aromatic carbocycles. The van der Waals surface area contributed by atoms with E-state index < -0.39 is 0 Å². The molecule has 0 aliphatic heterocycles. The fraction of sp³-hybridized carbons (Fsp3) is 0.217. The molecule has 0 aliphatic rings. The average Bonchev–Trinajstić information content (AvgIpc) is 2.62. The third-order valence-corrected chi connectivity index (χ3v) is 4.85. The van der Waals surface area contributed by atoms with E-state index in [0.717, 1.165) is 25.2 Å². The van der Waals surface area contributed by atoms with Crippen LogP contribution in [0.4, 0.5) is 0 Å². The first-order valence-corrected chi connectivity index (χ1v) is 8.76. The maximum Gasteiger partial charge on any atom is 0.127 e. The Kier molecular flexibility index (Phi) is 3.86. The van der Waals surface area contributed by atoms with E-state index in [2.05, 4.69) is 74.5 Å². The van der Waals surface area contributed by atoms with Gasteiger partial charge >= 0.3 is 0 Å². The Balaban J connectivity index is 1.96. The number of hydrogen-bond acceptors (Lipinski definition) is 1. The Bertz CT molecular complexity index is 1030. The van der Waals surface area contributed by atoms with Crippen LogP contribution in [0.1, 0.15) is 25.3 Å². The van der Waals surface area contributed by atoms with Crippen molar-refractivity contribution in [2.24, 2.45) is 0 Å². The molecule has 0 heterocycles. The number of ether oxygens (including phenoxy) is 1. The van der Waals surface area contributed by atoms with Gasteiger partial charge in [-0.15, -0.1) is 0 Å². The second-order valence-corrected chi connectivity index (χ2v) is 6.45. The van der Waals surface area contributed by atoms with Gasteiger partial charge in [0.2, 0.25) is 0 Å². The van der Waals surface area contributed by atoms with Crippen LogP contribution in [-0.2, 0) is 0 Å². The van der Waals surface area contributed by atoms with Gasteiger partial charge < -0.3 is 4.74 Å². The van der Waals surface area contributed by atoms with Crippen molar-refractivity contribution >= 4 is 32.3 Å². The van der Waals surface area contributed by atoms with Crippen LogP contribution >= 0.6 is 0 Å². The summed E-state index contributed by atoms with van der Waals surface area (Å²) in [6, 6.07) is 21.9. The topological polar surface area (TPSA) is 9.23 Å². The van der Waals surface area contributed by atoms with Crippen LogP contribution in [0.15, 0.2) is 60.7 Å². The highest BCUT2D eigenvalue weighted by Crippen LogP contribution is 2.35. The van der Waals surface area contributed by atoms with Crippen molar-refractivity contribution in [3.8, 4) is 5.75 Å². The standard InChI is InChI=1S/C23H22O/c1-3-4-15-24-23-10-6-9-19-21-12-11-17-16(2)7-5-8-18(17)20(21)13-14-22(19)23/h5-14H,3-4,15H2,1-2H3. The first-order valence-electron chi connectivity index (χ1n) is 8.76. The molecule has 1 heteroatoms. The summed E-state index contributed by atoms with van der Waals surface area (Å²) in [7, 11) is 0. The molecule has 120 valence electrons. The number of fused-ring (bicyclic) bond motifs is 5. The number of unbranched alkanes of at least 4 members (excludes halogenated alkanes) is 1. The van der Waals surface area contributed by atoms with Crippen LogP contribution in [0.25, 0.3) is 32.3 Å². The molecule has 1 nitrogen and oxygen atoms in total. The van der Waals surface area contributed by atoms with Gasteiger partial charge in [-0.1, -0.05) is 61.9 Å². The summed E-state index contributed by atoms with van der Waals surface area (Å²) in [6.45, 7) is 5.15. The Morgan fingerprint density at radius 1 is 0.667 bits per heavy atom. The summed E-state index contributed by atoms with van der Waals surface area (Å²) in [5, 5.41) is 7.74. The zero-order valence-electron chi connectivity index (χ0n) is 14.3. The molecule has 0 spiro atoms. The number of hydrogen-bond donors (Lipinski definition) is 0. The third-order valence-electron chi connectivity index (χ3n) is 4.85. The molecule has 0 aliphatic carbocycles. The summed E-state index contributed by atoms with van der Waals surface area (Å²) in [5.41, 5.74) is 1.33. The largest absolute Gasteiger partial charge is 0.493 e. The zero-order valence-corrected chi connectivity index (χ0v) is 14.3. The first kappa shape index (κ1) is 15.0. The van der Waals surface area contributed by atoms with E-state index in [1.807, 2.05) is 0 Å². The maximum absolute atomic E-state index is 6.02. The van der Waals surface area contributed by atoms with Crippen molar-refractivity contribution in [2.75, 3.05) is 6.61 Å². The van der Waals surface area contributed by atoms with Crippen LogP contribution in [0.2, 0.25) is 0 Å². The van der Waals surface area contributed by atoms with E-state index in [1.165, 1.54) is 37.9 Å². The highest BCUT2D eigenvalue weighted by Gasteiger charge is 2.08. The summed E-state index contributed by atoms with van der Waals surface area (Å²) in [4.78, 5) is 0. The van der Waals surface area contributed by atoms with Crippen LogP contribution in [0.5, 0.6) is 5.75 Å². The SMILES string of the molecule is CCCCOc1cccc2c1ccc1c3cccc(C)c3ccc21. The Morgan fingerprint density at radius 2 is 1.25 bits per heavy atom. The quantitative estimate of drug-likeness (QED) is 0.303. The molecule has 0 saturated carbocycles. The summed E-state index contributed by atoms with van der Waals surface area (Å²) in [5.74, 6) is 0.993. The van der Waals surface area contributed by atoms with Crippen LogP contribution < -0.4 is 4.74 Å². The van der Waals surface area contributed by atoms with Crippen molar-refractivity contribution in [1.29, 1.82) is 0 Å². The van der Waals surface area contributed by atoms with E-state index in [4.69, 9.17) is 4.74 Å². The summed E-state index contributed by atoms with van der Waals surface area (Å²) < 4.78 is 6.02. The van der Waals surface area contributed by atoms with E-state index in [0.29, 0.717) is 0 Å². The Hall–Kier alpha value is -2.54. The normalized spacial score (nSPS) is 11.4. The van der Waals surface area contributed by atoms with Gasteiger partial charge in [-0.05, 0) is 58.0 Å². The molecule has 0 unspecified atom stereocenters. The molecule has 0 N–H and O–H groups in total. The van der Waals surface area contributed by atoms with Gasteiger partial charge in [-0.25, -0.2) is 0 Å². The van der Waals surface area contributed by atoms with Crippen molar-refractivity contribution in [2.45, 2.75) is 26.7 Å². The lowest BCUT2D eigenvalue weighted by molar-refractivity contribution is 0.313. The first-order chi connectivity index (χ1) is 11.8. The third kappa shape index (κ3) is 2.41. The lowest BCUT2D eigenvalue weighted by Gasteiger charge is -2.12. The van der Waals surface area contributed by atoms with Crippen molar-refractivity contribution in [3.05, 3.63) is 66.2 Å². The van der Waals surface area contributed by atoms with Crippen LogP contribution in [-0.4, -0.2) is 6.61 Å². The molecule has 0 radical (unpaired) electrons.